The average molecular weight is 524 g/mol. The molecule has 12 heteroatoms. The second-order valence-corrected chi connectivity index (χ2v) is 10.9. The van der Waals surface area contributed by atoms with Gasteiger partial charge in [0.15, 0.2) is 0 Å². The summed E-state index contributed by atoms with van der Waals surface area (Å²) in [7, 11) is -6.62. The summed E-state index contributed by atoms with van der Waals surface area (Å²) >= 11 is 6.07. The zero-order valence-electron chi connectivity index (χ0n) is 17.9. The first kappa shape index (κ1) is 25.7. The van der Waals surface area contributed by atoms with Gasteiger partial charge >= 0.3 is 0 Å². The van der Waals surface area contributed by atoms with E-state index in [4.69, 9.17) is 21.5 Å². The monoisotopic (exact) mass is 523 g/mol. The van der Waals surface area contributed by atoms with Crippen molar-refractivity contribution in [1.82, 2.24) is 4.72 Å². The van der Waals surface area contributed by atoms with E-state index in [1.165, 1.54) is 49.6 Å². The molecule has 0 aliphatic rings. The first-order chi connectivity index (χ1) is 16.0. The molecular formula is C22H22ClN3O6S2. The number of benzene rings is 3. The Morgan fingerprint density at radius 3 is 2.15 bits per heavy atom. The maximum absolute atomic E-state index is 13.0. The zero-order valence-corrected chi connectivity index (χ0v) is 20.3. The van der Waals surface area contributed by atoms with Gasteiger partial charge in [0.25, 0.3) is 0 Å². The molecule has 0 aliphatic heterocycles. The molecule has 1 unspecified atom stereocenters. The minimum absolute atomic E-state index is 0.0606. The van der Waals surface area contributed by atoms with Gasteiger partial charge in [-0.25, -0.2) is 22.0 Å². The first-order valence-corrected chi connectivity index (χ1v) is 13.2. The van der Waals surface area contributed by atoms with Crippen molar-refractivity contribution < 1.29 is 26.4 Å². The number of anilines is 1. The van der Waals surface area contributed by atoms with E-state index >= 15 is 0 Å². The molecule has 3 aromatic carbocycles. The number of carbonyl (C=O) groups is 1. The maximum atomic E-state index is 13.0. The molecule has 1 atom stereocenters. The predicted octanol–water partition coefficient (Wildman–Crippen LogP) is 2.52. The number of ether oxygens (including phenoxy) is 1. The van der Waals surface area contributed by atoms with Crippen molar-refractivity contribution in [3.05, 3.63) is 83.4 Å². The van der Waals surface area contributed by atoms with Crippen molar-refractivity contribution in [2.45, 2.75) is 22.3 Å². The van der Waals surface area contributed by atoms with Crippen molar-refractivity contribution in [1.29, 1.82) is 0 Å². The van der Waals surface area contributed by atoms with Crippen LogP contribution >= 0.6 is 11.6 Å². The van der Waals surface area contributed by atoms with E-state index in [2.05, 4.69) is 10.0 Å². The van der Waals surface area contributed by atoms with Crippen molar-refractivity contribution >= 4 is 43.2 Å². The molecule has 3 rings (SSSR count). The van der Waals surface area contributed by atoms with Gasteiger partial charge in [-0.15, -0.1) is 0 Å². The summed E-state index contributed by atoms with van der Waals surface area (Å²) in [6.45, 7) is 0. The molecule has 0 bridgehead atoms. The molecule has 0 aromatic heterocycles. The molecule has 180 valence electrons. The Kier molecular flexibility index (Phi) is 7.95. The van der Waals surface area contributed by atoms with Gasteiger partial charge in [-0.3, -0.25) is 4.79 Å². The van der Waals surface area contributed by atoms with E-state index in [1.54, 1.807) is 30.3 Å². The third kappa shape index (κ3) is 6.55. The van der Waals surface area contributed by atoms with Gasteiger partial charge in [0.2, 0.25) is 26.0 Å². The highest BCUT2D eigenvalue weighted by Crippen LogP contribution is 2.27. The van der Waals surface area contributed by atoms with Crippen molar-refractivity contribution in [3.8, 4) is 5.75 Å². The van der Waals surface area contributed by atoms with E-state index in [9.17, 15) is 21.6 Å². The minimum atomic E-state index is -4.14. The minimum Gasteiger partial charge on any atom is -0.495 e. The number of nitrogens with one attached hydrogen (secondary N) is 2. The van der Waals surface area contributed by atoms with Gasteiger partial charge in [-0.2, -0.15) is 4.72 Å². The van der Waals surface area contributed by atoms with E-state index in [0.717, 1.165) is 5.56 Å². The van der Waals surface area contributed by atoms with Crippen LogP contribution in [-0.4, -0.2) is 35.9 Å². The molecule has 9 nitrogen and oxygen atoms in total. The van der Waals surface area contributed by atoms with Crippen LogP contribution in [0.4, 0.5) is 5.69 Å². The summed E-state index contributed by atoms with van der Waals surface area (Å²) in [5, 5.41) is 7.78. The van der Waals surface area contributed by atoms with Crippen LogP contribution in [0.3, 0.4) is 0 Å². The third-order valence-corrected chi connectivity index (χ3v) is 7.47. The van der Waals surface area contributed by atoms with Crippen LogP contribution in [0.15, 0.2) is 82.6 Å². The molecule has 3 aromatic rings. The first-order valence-electron chi connectivity index (χ1n) is 9.83. The Labute approximate surface area is 203 Å². The Morgan fingerprint density at radius 1 is 0.971 bits per heavy atom. The Hall–Kier alpha value is -2.96. The van der Waals surface area contributed by atoms with Crippen LogP contribution in [-0.2, 0) is 31.3 Å². The Balaban J connectivity index is 1.87. The molecule has 0 heterocycles. The summed E-state index contributed by atoms with van der Waals surface area (Å²) in [6.07, 6.45) is 0.0606. The highest BCUT2D eigenvalue weighted by molar-refractivity contribution is 7.89. The normalized spacial score (nSPS) is 12.7. The predicted molar refractivity (Wildman–Crippen MR) is 129 cm³/mol. The van der Waals surface area contributed by atoms with Gasteiger partial charge in [0, 0.05) is 5.69 Å². The van der Waals surface area contributed by atoms with E-state index < -0.39 is 32.0 Å². The second-order valence-electron chi connectivity index (χ2n) is 7.22. The lowest BCUT2D eigenvalue weighted by molar-refractivity contribution is -0.117. The van der Waals surface area contributed by atoms with Crippen LogP contribution in [0.25, 0.3) is 0 Å². The van der Waals surface area contributed by atoms with Crippen LogP contribution in [0.5, 0.6) is 5.75 Å². The maximum Gasteiger partial charge on any atom is 0.242 e. The number of carbonyl (C=O) groups excluding carboxylic acids is 1. The topological polar surface area (TPSA) is 145 Å². The van der Waals surface area contributed by atoms with Crippen molar-refractivity contribution in [2.24, 2.45) is 5.14 Å². The van der Waals surface area contributed by atoms with Gasteiger partial charge < -0.3 is 10.1 Å². The fourth-order valence-corrected chi connectivity index (χ4v) is 5.12. The molecule has 0 fully saturated rings. The third-order valence-electron chi connectivity index (χ3n) is 4.78. The van der Waals surface area contributed by atoms with Gasteiger partial charge in [0.1, 0.15) is 11.8 Å². The Morgan fingerprint density at radius 2 is 1.59 bits per heavy atom. The molecule has 0 saturated heterocycles. The summed E-state index contributed by atoms with van der Waals surface area (Å²) in [5.74, 6) is -0.336. The Bertz CT molecular complexity index is 1380. The number of hydrogen-bond acceptors (Lipinski definition) is 6. The summed E-state index contributed by atoms with van der Waals surface area (Å²) in [6, 6.07) is 16.8. The number of primary sulfonamides is 1. The van der Waals surface area contributed by atoms with Crippen molar-refractivity contribution in [2.75, 3.05) is 12.4 Å². The molecule has 4 N–H and O–H groups in total. The fourth-order valence-electron chi connectivity index (χ4n) is 3.06. The van der Waals surface area contributed by atoms with Crippen LogP contribution in [0.2, 0.25) is 5.02 Å². The van der Waals surface area contributed by atoms with Gasteiger partial charge in [-0.1, -0.05) is 41.9 Å². The van der Waals surface area contributed by atoms with Crippen molar-refractivity contribution in [3.63, 3.8) is 0 Å². The number of rotatable bonds is 9. The second kappa shape index (κ2) is 10.5. The summed E-state index contributed by atoms with van der Waals surface area (Å²) in [5.41, 5.74) is 0.991. The molecule has 34 heavy (non-hydrogen) atoms. The van der Waals surface area contributed by atoms with Crippen LogP contribution in [0, 0.1) is 0 Å². The average Bonchev–Trinajstić information content (AvgIpc) is 2.79. The van der Waals surface area contributed by atoms with Crippen LogP contribution < -0.4 is 19.9 Å². The van der Waals surface area contributed by atoms with E-state index in [-0.39, 0.29) is 26.9 Å². The van der Waals surface area contributed by atoms with Crippen LogP contribution in [0.1, 0.15) is 5.56 Å². The van der Waals surface area contributed by atoms with E-state index in [1.807, 2.05) is 0 Å². The quantitative estimate of drug-likeness (QED) is 0.393. The molecule has 0 radical (unpaired) electrons. The number of hydrogen-bond donors (Lipinski definition) is 3. The number of methoxy groups -OCH3 is 1. The summed E-state index contributed by atoms with van der Waals surface area (Å²) < 4.78 is 56.4. The number of sulfonamides is 2. The lowest BCUT2D eigenvalue weighted by Crippen LogP contribution is -2.45. The zero-order chi connectivity index (χ0) is 24.9. The smallest absolute Gasteiger partial charge is 0.242 e. The summed E-state index contributed by atoms with van der Waals surface area (Å²) in [4.78, 5) is 12.8. The standard InChI is InChI=1S/C22H22ClN3O6S2/c1-32-21-12-11-18(14-19(21)23)34(30,31)26-20(13-15-5-3-2-4-6-15)22(27)25-16-7-9-17(10-8-16)33(24,28)29/h2-12,14,20,26H,13H2,1H3,(H,25,27)(H2,24,28,29). The molecule has 0 aliphatic carbocycles. The SMILES string of the molecule is COc1ccc(S(=O)(=O)NC(Cc2ccccc2)C(=O)Nc2ccc(S(N)(=O)=O)cc2)cc1Cl. The van der Waals surface area contributed by atoms with Gasteiger partial charge in [-0.05, 0) is 54.4 Å². The molecule has 0 spiro atoms. The molecular weight excluding hydrogens is 502 g/mol. The fraction of sp³-hybridized carbons (Fsp3) is 0.136. The molecule has 0 saturated carbocycles. The largest absolute Gasteiger partial charge is 0.495 e. The molecule has 1 amide bonds. The number of nitrogens with two attached hydrogens (primary N) is 1. The number of halogens is 1. The lowest BCUT2D eigenvalue weighted by atomic mass is 10.1. The highest BCUT2D eigenvalue weighted by Gasteiger charge is 2.27. The lowest BCUT2D eigenvalue weighted by Gasteiger charge is -2.19. The number of amides is 1. The van der Waals surface area contributed by atoms with Gasteiger partial charge in [0.05, 0.1) is 21.9 Å². The highest BCUT2D eigenvalue weighted by atomic mass is 35.5. The van der Waals surface area contributed by atoms with E-state index in [0.29, 0.717) is 5.75 Å².